The van der Waals surface area contributed by atoms with E-state index in [1.165, 1.54) is 36.0 Å². The highest BCUT2D eigenvalue weighted by molar-refractivity contribution is 5.31. The minimum absolute atomic E-state index is 0.0903. The molecule has 0 atom stereocenters. The second-order valence-corrected chi connectivity index (χ2v) is 6.95. The summed E-state index contributed by atoms with van der Waals surface area (Å²) in [6.45, 7) is 2.28. The molecule has 0 aliphatic heterocycles. The van der Waals surface area contributed by atoms with Crippen LogP contribution in [-0.4, -0.2) is 4.98 Å². The molecule has 0 saturated carbocycles. The van der Waals surface area contributed by atoms with Gasteiger partial charge < -0.3 is 0 Å². The summed E-state index contributed by atoms with van der Waals surface area (Å²) in [6.07, 6.45) is 9.67. The summed E-state index contributed by atoms with van der Waals surface area (Å²) < 4.78 is 0. The maximum atomic E-state index is 4.44. The van der Waals surface area contributed by atoms with E-state index in [-0.39, 0.29) is 5.41 Å². The van der Waals surface area contributed by atoms with Gasteiger partial charge in [0, 0.05) is 17.8 Å². The molecule has 1 heterocycles. The van der Waals surface area contributed by atoms with Gasteiger partial charge in [0.2, 0.25) is 0 Å². The van der Waals surface area contributed by atoms with Crippen molar-refractivity contribution in [1.29, 1.82) is 0 Å². The van der Waals surface area contributed by atoms with Crippen LogP contribution >= 0.6 is 0 Å². The molecule has 3 aromatic rings. The Morgan fingerprint density at radius 1 is 0.760 bits per heavy atom. The molecular formula is C24H27N. The topological polar surface area (TPSA) is 12.9 Å². The molecule has 3 rings (SSSR count). The van der Waals surface area contributed by atoms with Crippen LogP contribution in [0.5, 0.6) is 0 Å². The highest BCUT2D eigenvalue weighted by Gasteiger charge is 2.32. The van der Waals surface area contributed by atoms with Gasteiger partial charge in [0.25, 0.3) is 0 Å². The molecule has 25 heavy (non-hydrogen) atoms. The molecule has 0 fully saturated rings. The Kier molecular flexibility index (Phi) is 6.00. The van der Waals surface area contributed by atoms with E-state index in [0.29, 0.717) is 0 Å². The fourth-order valence-corrected chi connectivity index (χ4v) is 3.75. The van der Waals surface area contributed by atoms with E-state index in [2.05, 4.69) is 90.9 Å². The molecule has 0 amide bonds. The lowest BCUT2D eigenvalue weighted by Crippen LogP contribution is -2.32. The lowest BCUT2D eigenvalue weighted by Gasteiger charge is -2.35. The second kappa shape index (κ2) is 8.62. The smallest absolute Gasteiger partial charge is 0.0305 e. The molecule has 0 unspecified atom stereocenters. The molecule has 1 aromatic heterocycles. The minimum Gasteiger partial charge on any atom is -0.264 e. The molecule has 2 aromatic carbocycles. The predicted molar refractivity (Wildman–Crippen MR) is 106 cm³/mol. The first-order valence-corrected chi connectivity index (χ1v) is 9.31. The fourth-order valence-electron chi connectivity index (χ4n) is 3.75. The zero-order valence-electron chi connectivity index (χ0n) is 15.1. The second-order valence-electron chi connectivity index (χ2n) is 6.95. The van der Waals surface area contributed by atoms with E-state index in [1.54, 1.807) is 0 Å². The van der Waals surface area contributed by atoms with Gasteiger partial charge in [-0.05, 0) is 42.0 Å². The highest BCUT2D eigenvalue weighted by Crippen LogP contribution is 2.37. The number of hydrogen-bond donors (Lipinski definition) is 0. The van der Waals surface area contributed by atoms with Gasteiger partial charge >= 0.3 is 0 Å². The van der Waals surface area contributed by atoms with Crippen LogP contribution in [0.15, 0.2) is 85.2 Å². The minimum atomic E-state index is 0.0903. The van der Waals surface area contributed by atoms with Crippen LogP contribution in [0.2, 0.25) is 0 Å². The molecule has 0 radical (unpaired) electrons. The van der Waals surface area contributed by atoms with E-state index >= 15 is 0 Å². The van der Waals surface area contributed by atoms with Crippen LogP contribution in [-0.2, 0) is 18.3 Å². The molecule has 0 spiro atoms. The third kappa shape index (κ3) is 4.57. The van der Waals surface area contributed by atoms with Crippen molar-refractivity contribution in [2.75, 3.05) is 0 Å². The number of benzene rings is 2. The van der Waals surface area contributed by atoms with Gasteiger partial charge in [-0.2, -0.15) is 0 Å². The monoisotopic (exact) mass is 329 g/mol. The normalized spacial score (nSPS) is 11.4. The maximum Gasteiger partial charge on any atom is 0.0305 e. The summed E-state index contributed by atoms with van der Waals surface area (Å²) in [4.78, 5) is 4.44. The largest absolute Gasteiger partial charge is 0.264 e. The molecule has 0 saturated heterocycles. The summed E-state index contributed by atoms with van der Waals surface area (Å²) in [6, 6.07) is 26.1. The number of nitrogens with zero attached hydrogens (tertiary/aromatic N) is 1. The van der Waals surface area contributed by atoms with E-state index < -0.39 is 0 Å². The van der Waals surface area contributed by atoms with Crippen molar-refractivity contribution in [3.05, 3.63) is 102 Å². The average Bonchev–Trinajstić information content (AvgIpc) is 2.68. The average molecular weight is 329 g/mol. The van der Waals surface area contributed by atoms with Gasteiger partial charge in [-0.1, -0.05) is 86.5 Å². The maximum absolute atomic E-state index is 4.44. The number of pyridine rings is 1. The van der Waals surface area contributed by atoms with Crippen molar-refractivity contribution >= 4 is 0 Å². The Labute approximate surface area is 151 Å². The Morgan fingerprint density at radius 2 is 1.36 bits per heavy atom. The summed E-state index contributed by atoms with van der Waals surface area (Å²) in [5.41, 5.74) is 4.25. The number of rotatable bonds is 8. The van der Waals surface area contributed by atoms with Crippen LogP contribution in [0, 0.1) is 0 Å². The predicted octanol–water partition coefficient (Wildman–Crippen LogP) is 6.00. The lowest BCUT2D eigenvalue weighted by atomic mass is 9.69. The van der Waals surface area contributed by atoms with Crippen molar-refractivity contribution in [3.63, 3.8) is 0 Å². The third-order valence-electron chi connectivity index (χ3n) is 5.05. The Balaban J connectivity index is 2.02. The zero-order valence-corrected chi connectivity index (χ0v) is 15.1. The van der Waals surface area contributed by atoms with E-state index in [9.17, 15) is 0 Å². The third-order valence-corrected chi connectivity index (χ3v) is 5.05. The molecule has 1 nitrogen and oxygen atoms in total. The van der Waals surface area contributed by atoms with Crippen LogP contribution in [0.3, 0.4) is 0 Å². The molecule has 0 N–H and O–H groups in total. The van der Waals surface area contributed by atoms with Crippen LogP contribution < -0.4 is 0 Å². The van der Waals surface area contributed by atoms with Crippen LogP contribution in [0.4, 0.5) is 0 Å². The fraction of sp³-hybridized carbons (Fsp3) is 0.292. The first-order valence-electron chi connectivity index (χ1n) is 9.31. The Bertz CT molecular complexity index is 693. The van der Waals surface area contributed by atoms with E-state index in [4.69, 9.17) is 0 Å². The van der Waals surface area contributed by atoms with Gasteiger partial charge in [0.1, 0.15) is 0 Å². The molecule has 128 valence electrons. The van der Waals surface area contributed by atoms with Crippen molar-refractivity contribution in [1.82, 2.24) is 4.98 Å². The lowest BCUT2D eigenvalue weighted by molar-refractivity contribution is 0.372. The first-order chi connectivity index (χ1) is 12.3. The van der Waals surface area contributed by atoms with Crippen LogP contribution in [0.1, 0.15) is 42.9 Å². The first kappa shape index (κ1) is 17.4. The van der Waals surface area contributed by atoms with Gasteiger partial charge in [-0.15, -0.1) is 0 Å². The summed E-state index contributed by atoms with van der Waals surface area (Å²) in [5.74, 6) is 0. The standard InChI is InChI=1S/C24H27N/c1-2-3-16-24(23-15-10-17-25-20-23,18-21-11-6-4-7-12-21)19-22-13-8-5-9-14-22/h4-15,17,20H,2-3,16,18-19H2,1H3. The van der Waals surface area contributed by atoms with Crippen molar-refractivity contribution in [3.8, 4) is 0 Å². The van der Waals surface area contributed by atoms with Crippen molar-refractivity contribution in [2.24, 2.45) is 0 Å². The number of hydrogen-bond acceptors (Lipinski definition) is 1. The number of aromatic nitrogens is 1. The highest BCUT2D eigenvalue weighted by atomic mass is 14.6. The van der Waals surface area contributed by atoms with Gasteiger partial charge in [0.15, 0.2) is 0 Å². The SMILES string of the molecule is CCCCC(Cc1ccccc1)(Cc1ccccc1)c1cccnc1. The molecule has 0 aliphatic carbocycles. The van der Waals surface area contributed by atoms with Crippen molar-refractivity contribution < 1.29 is 0 Å². The molecule has 1 heteroatoms. The zero-order chi connectivity index (χ0) is 17.4. The van der Waals surface area contributed by atoms with Gasteiger partial charge in [0.05, 0.1) is 0 Å². The van der Waals surface area contributed by atoms with Crippen molar-refractivity contribution in [2.45, 2.75) is 44.4 Å². The van der Waals surface area contributed by atoms with Gasteiger partial charge in [-0.3, -0.25) is 4.98 Å². The molecule has 0 bridgehead atoms. The molecule has 0 aliphatic rings. The summed E-state index contributed by atoms with van der Waals surface area (Å²) in [7, 11) is 0. The Hall–Kier alpha value is -2.41. The van der Waals surface area contributed by atoms with Crippen LogP contribution in [0.25, 0.3) is 0 Å². The van der Waals surface area contributed by atoms with Gasteiger partial charge in [-0.25, -0.2) is 0 Å². The Morgan fingerprint density at radius 3 is 1.84 bits per heavy atom. The summed E-state index contributed by atoms with van der Waals surface area (Å²) in [5, 5.41) is 0. The summed E-state index contributed by atoms with van der Waals surface area (Å²) >= 11 is 0. The number of unbranched alkanes of at least 4 members (excludes halogenated alkanes) is 1. The molecular weight excluding hydrogens is 302 g/mol. The van der Waals surface area contributed by atoms with E-state index in [1.807, 2.05) is 6.20 Å². The quantitative estimate of drug-likeness (QED) is 0.494. The van der Waals surface area contributed by atoms with E-state index in [0.717, 1.165) is 12.8 Å².